The molecule has 0 bridgehead atoms. The molecule has 1 aromatic heterocycles. The molecular formula is C16H19N5O. The number of rotatable bonds is 3. The summed E-state index contributed by atoms with van der Waals surface area (Å²) >= 11 is 0. The molecule has 0 spiro atoms. The number of nitrogens with two attached hydrogens (primary N) is 1. The number of amides is 1. The van der Waals surface area contributed by atoms with Gasteiger partial charge in [0.25, 0.3) is 0 Å². The average Bonchev–Trinajstić information content (AvgIpc) is 2.56. The highest BCUT2D eigenvalue weighted by Crippen LogP contribution is 2.12. The Bertz CT molecular complexity index is 638. The van der Waals surface area contributed by atoms with Gasteiger partial charge in [-0.3, -0.25) is 4.79 Å². The molecule has 6 nitrogen and oxygen atoms in total. The predicted molar refractivity (Wildman–Crippen MR) is 85.4 cm³/mol. The SMILES string of the molecule is Nc1cccc(CC(=O)N2CCN(c3ncccn3)CC2)c1. The van der Waals surface area contributed by atoms with Crippen LogP contribution in [0.25, 0.3) is 0 Å². The van der Waals surface area contributed by atoms with E-state index in [4.69, 9.17) is 5.73 Å². The second kappa shape index (κ2) is 6.43. The molecule has 1 amide bonds. The van der Waals surface area contributed by atoms with Crippen LogP contribution in [0.1, 0.15) is 5.56 Å². The number of aromatic nitrogens is 2. The Morgan fingerprint density at radius 1 is 1.09 bits per heavy atom. The molecule has 22 heavy (non-hydrogen) atoms. The fourth-order valence-corrected chi connectivity index (χ4v) is 2.60. The molecule has 1 saturated heterocycles. The minimum Gasteiger partial charge on any atom is -0.399 e. The normalized spacial score (nSPS) is 14.9. The number of nitrogen functional groups attached to an aromatic ring is 1. The summed E-state index contributed by atoms with van der Waals surface area (Å²) in [5.41, 5.74) is 7.40. The van der Waals surface area contributed by atoms with Gasteiger partial charge in [-0.2, -0.15) is 0 Å². The Kier molecular flexibility index (Phi) is 4.18. The van der Waals surface area contributed by atoms with Crippen molar-refractivity contribution in [3.05, 3.63) is 48.3 Å². The van der Waals surface area contributed by atoms with Gasteiger partial charge in [0.2, 0.25) is 11.9 Å². The van der Waals surface area contributed by atoms with Crippen molar-refractivity contribution in [2.75, 3.05) is 36.8 Å². The van der Waals surface area contributed by atoms with Crippen molar-refractivity contribution in [3.63, 3.8) is 0 Å². The first-order valence-corrected chi connectivity index (χ1v) is 7.36. The summed E-state index contributed by atoms with van der Waals surface area (Å²) in [6.07, 6.45) is 3.87. The van der Waals surface area contributed by atoms with E-state index in [2.05, 4.69) is 14.9 Å². The van der Waals surface area contributed by atoms with Crippen LogP contribution in [0.4, 0.5) is 11.6 Å². The Morgan fingerprint density at radius 3 is 2.50 bits per heavy atom. The molecule has 114 valence electrons. The molecule has 0 unspecified atom stereocenters. The Morgan fingerprint density at radius 2 is 1.82 bits per heavy atom. The molecule has 0 aliphatic carbocycles. The van der Waals surface area contributed by atoms with Crippen LogP contribution >= 0.6 is 0 Å². The van der Waals surface area contributed by atoms with Gasteiger partial charge in [0.05, 0.1) is 6.42 Å². The molecule has 0 radical (unpaired) electrons. The van der Waals surface area contributed by atoms with Crippen molar-refractivity contribution in [2.45, 2.75) is 6.42 Å². The highest BCUT2D eigenvalue weighted by atomic mass is 16.2. The largest absolute Gasteiger partial charge is 0.399 e. The van der Waals surface area contributed by atoms with Crippen molar-refractivity contribution in [3.8, 4) is 0 Å². The summed E-state index contributed by atoms with van der Waals surface area (Å²) in [6, 6.07) is 9.29. The van der Waals surface area contributed by atoms with Gasteiger partial charge in [0.15, 0.2) is 0 Å². The van der Waals surface area contributed by atoms with E-state index in [0.29, 0.717) is 25.2 Å². The zero-order chi connectivity index (χ0) is 15.4. The number of carbonyl (C=O) groups is 1. The van der Waals surface area contributed by atoms with Crippen LogP contribution < -0.4 is 10.6 Å². The van der Waals surface area contributed by atoms with E-state index in [9.17, 15) is 4.79 Å². The minimum absolute atomic E-state index is 0.138. The van der Waals surface area contributed by atoms with Crippen LogP contribution in [-0.4, -0.2) is 47.0 Å². The third-order valence-electron chi connectivity index (χ3n) is 3.77. The molecule has 1 aliphatic heterocycles. The van der Waals surface area contributed by atoms with Gasteiger partial charge >= 0.3 is 0 Å². The predicted octanol–water partition coefficient (Wildman–Crippen LogP) is 0.950. The summed E-state index contributed by atoms with van der Waals surface area (Å²) in [4.78, 5) is 24.8. The molecule has 2 aromatic rings. The highest BCUT2D eigenvalue weighted by Gasteiger charge is 2.22. The Balaban J connectivity index is 1.56. The first-order chi connectivity index (χ1) is 10.7. The third-order valence-corrected chi connectivity index (χ3v) is 3.77. The smallest absolute Gasteiger partial charge is 0.227 e. The lowest BCUT2D eigenvalue weighted by atomic mass is 10.1. The van der Waals surface area contributed by atoms with Crippen molar-refractivity contribution in [1.29, 1.82) is 0 Å². The molecule has 6 heteroatoms. The van der Waals surface area contributed by atoms with E-state index in [1.54, 1.807) is 18.5 Å². The lowest BCUT2D eigenvalue weighted by Crippen LogP contribution is -2.49. The van der Waals surface area contributed by atoms with E-state index >= 15 is 0 Å². The van der Waals surface area contributed by atoms with Gasteiger partial charge in [-0.15, -0.1) is 0 Å². The van der Waals surface area contributed by atoms with Crippen molar-refractivity contribution < 1.29 is 4.79 Å². The second-order valence-corrected chi connectivity index (χ2v) is 5.34. The summed E-state index contributed by atoms with van der Waals surface area (Å²) in [7, 11) is 0. The second-order valence-electron chi connectivity index (χ2n) is 5.34. The number of benzene rings is 1. The lowest BCUT2D eigenvalue weighted by molar-refractivity contribution is -0.130. The van der Waals surface area contributed by atoms with E-state index < -0.39 is 0 Å². The quantitative estimate of drug-likeness (QED) is 0.854. The molecule has 2 heterocycles. The van der Waals surface area contributed by atoms with Gasteiger partial charge in [-0.1, -0.05) is 12.1 Å². The van der Waals surface area contributed by atoms with Crippen LogP contribution in [0.15, 0.2) is 42.7 Å². The molecule has 1 aliphatic rings. The van der Waals surface area contributed by atoms with Crippen LogP contribution in [0.3, 0.4) is 0 Å². The van der Waals surface area contributed by atoms with E-state index in [-0.39, 0.29) is 5.91 Å². The minimum atomic E-state index is 0.138. The highest BCUT2D eigenvalue weighted by molar-refractivity contribution is 5.79. The van der Waals surface area contributed by atoms with Gasteiger partial charge in [-0.25, -0.2) is 9.97 Å². The number of hydrogen-bond donors (Lipinski definition) is 1. The van der Waals surface area contributed by atoms with Gasteiger partial charge in [-0.05, 0) is 23.8 Å². The maximum atomic E-state index is 12.4. The fourth-order valence-electron chi connectivity index (χ4n) is 2.60. The lowest BCUT2D eigenvalue weighted by Gasteiger charge is -2.34. The molecule has 1 aromatic carbocycles. The van der Waals surface area contributed by atoms with Crippen LogP contribution in [0, 0.1) is 0 Å². The van der Waals surface area contributed by atoms with E-state index in [1.807, 2.05) is 29.2 Å². The zero-order valence-corrected chi connectivity index (χ0v) is 12.4. The maximum Gasteiger partial charge on any atom is 0.227 e. The topological polar surface area (TPSA) is 75.4 Å². The molecule has 0 atom stereocenters. The number of hydrogen-bond acceptors (Lipinski definition) is 5. The van der Waals surface area contributed by atoms with Crippen LogP contribution in [0.5, 0.6) is 0 Å². The van der Waals surface area contributed by atoms with Gasteiger partial charge in [0, 0.05) is 44.3 Å². The van der Waals surface area contributed by atoms with Crippen molar-refractivity contribution in [2.24, 2.45) is 0 Å². The molecule has 2 N–H and O–H groups in total. The first kappa shape index (κ1) is 14.3. The molecule has 3 rings (SSSR count). The average molecular weight is 297 g/mol. The van der Waals surface area contributed by atoms with Crippen molar-refractivity contribution >= 4 is 17.5 Å². The van der Waals surface area contributed by atoms with E-state index in [1.165, 1.54) is 0 Å². The first-order valence-electron chi connectivity index (χ1n) is 7.36. The third kappa shape index (κ3) is 3.33. The summed E-state index contributed by atoms with van der Waals surface area (Å²) in [5.74, 6) is 0.865. The van der Waals surface area contributed by atoms with E-state index in [0.717, 1.165) is 24.6 Å². The van der Waals surface area contributed by atoms with Gasteiger partial charge < -0.3 is 15.5 Å². The molecule has 1 fully saturated rings. The molecular weight excluding hydrogens is 278 g/mol. The standard InChI is InChI=1S/C16H19N5O/c17-14-4-1-3-13(11-14)12-15(22)20-7-9-21(10-8-20)16-18-5-2-6-19-16/h1-6,11H,7-10,12,17H2. The fraction of sp³-hybridized carbons (Fsp3) is 0.312. The van der Waals surface area contributed by atoms with Gasteiger partial charge in [0.1, 0.15) is 0 Å². The van der Waals surface area contributed by atoms with Crippen molar-refractivity contribution in [1.82, 2.24) is 14.9 Å². The summed E-state index contributed by atoms with van der Waals surface area (Å²) in [5, 5.41) is 0. The zero-order valence-electron chi connectivity index (χ0n) is 12.4. The number of piperazine rings is 1. The monoisotopic (exact) mass is 297 g/mol. The van der Waals surface area contributed by atoms with Crippen LogP contribution in [-0.2, 0) is 11.2 Å². The number of carbonyl (C=O) groups excluding carboxylic acids is 1. The number of nitrogens with zero attached hydrogens (tertiary/aromatic N) is 4. The summed E-state index contributed by atoms with van der Waals surface area (Å²) < 4.78 is 0. The Labute approximate surface area is 129 Å². The Hall–Kier alpha value is -2.63. The summed E-state index contributed by atoms with van der Waals surface area (Å²) in [6.45, 7) is 2.90. The van der Waals surface area contributed by atoms with Crippen LogP contribution in [0.2, 0.25) is 0 Å². The number of anilines is 2. The maximum absolute atomic E-state index is 12.4. The molecule has 0 saturated carbocycles.